The Morgan fingerprint density at radius 2 is 1.35 bits per heavy atom. The van der Waals surface area contributed by atoms with Gasteiger partial charge < -0.3 is 14.8 Å². The first-order chi connectivity index (χ1) is 7.90. The Balaban J connectivity index is 2.73. The molecule has 0 radical (unpaired) electrons. The lowest BCUT2D eigenvalue weighted by molar-refractivity contribution is -0.151. The number of rotatable bonds is 3. The number of esters is 2. The maximum Gasteiger partial charge on any atom is 0.303 e. The zero-order chi connectivity index (χ0) is 13.0. The normalized spacial score (nSPS) is 26.4. The van der Waals surface area contributed by atoms with Crippen molar-refractivity contribution >= 4 is 17.8 Å². The summed E-state index contributed by atoms with van der Waals surface area (Å²) in [7, 11) is 0. The molecule has 0 fully saturated rings. The van der Waals surface area contributed by atoms with Crippen LogP contribution in [0.25, 0.3) is 0 Å². The Morgan fingerprint density at radius 1 is 0.941 bits per heavy atom. The third-order valence-electron chi connectivity index (χ3n) is 2.17. The van der Waals surface area contributed by atoms with Gasteiger partial charge in [0.1, 0.15) is 18.2 Å². The van der Waals surface area contributed by atoms with E-state index >= 15 is 0 Å². The summed E-state index contributed by atoms with van der Waals surface area (Å²) in [5.74, 6) is -1.20. The Morgan fingerprint density at radius 3 is 1.65 bits per heavy atom. The van der Waals surface area contributed by atoms with Crippen LogP contribution >= 0.6 is 0 Å². The second kappa shape index (κ2) is 5.47. The quantitative estimate of drug-likeness (QED) is 0.552. The molecule has 1 amide bonds. The molecule has 2 unspecified atom stereocenters. The number of nitrogens with one attached hydrogen (secondary N) is 1. The van der Waals surface area contributed by atoms with Crippen LogP contribution in [-0.2, 0) is 23.9 Å². The first kappa shape index (κ1) is 13.2. The second-order valence-electron chi connectivity index (χ2n) is 3.76. The zero-order valence-electron chi connectivity index (χ0n) is 9.93. The summed E-state index contributed by atoms with van der Waals surface area (Å²) in [6.07, 6.45) is 1.96. The third kappa shape index (κ3) is 3.90. The van der Waals surface area contributed by atoms with Gasteiger partial charge in [-0.2, -0.15) is 0 Å². The second-order valence-corrected chi connectivity index (χ2v) is 3.76. The molecular weight excluding hydrogens is 226 g/mol. The molecule has 0 aromatic rings. The molecule has 0 aromatic carbocycles. The van der Waals surface area contributed by atoms with Crippen molar-refractivity contribution in [2.24, 2.45) is 0 Å². The molecule has 0 bridgehead atoms. The van der Waals surface area contributed by atoms with Gasteiger partial charge in [-0.25, -0.2) is 0 Å². The van der Waals surface area contributed by atoms with Gasteiger partial charge in [-0.05, 0) is 12.2 Å². The summed E-state index contributed by atoms with van der Waals surface area (Å²) in [5.41, 5.74) is 0. The summed E-state index contributed by atoms with van der Waals surface area (Å²) in [5, 5.41) is 2.60. The maximum absolute atomic E-state index is 11.0. The molecule has 0 saturated carbocycles. The summed E-state index contributed by atoms with van der Waals surface area (Å²) in [4.78, 5) is 32.8. The zero-order valence-corrected chi connectivity index (χ0v) is 9.93. The number of carbonyl (C=O) groups excluding carboxylic acids is 3. The topological polar surface area (TPSA) is 81.7 Å². The van der Waals surface area contributed by atoms with E-state index in [4.69, 9.17) is 9.47 Å². The predicted octanol–water partition coefficient (Wildman–Crippen LogP) is -0.0757. The molecule has 0 heterocycles. The van der Waals surface area contributed by atoms with Crippen molar-refractivity contribution in [1.29, 1.82) is 0 Å². The molecule has 6 nitrogen and oxygen atoms in total. The van der Waals surface area contributed by atoms with E-state index in [0.29, 0.717) is 0 Å². The van der Waals surface area contributed by atoms with Gasteiger partial charge in [0.05, 0.1) is 0 Å². The van der Waals surface area contributed by atoms with E-state index in [0.717, 1.165) is 0 Å². The fourth-order valence-corrected chi connectivity index (χ4v) is 1.65. The molecule has 1 aliphatic carbocycles. The lowest BCUT2D eigenvalue weighted by Gasteiger charge is -2.24. The van der Waals surface area contributed by atoms with Crippen LogP contribution < -0.4 is 5.32 Å². The van der Waals surface area contributed by atoms with Gasteiger partial charge in [0.25, 0.3) is 0 Å². The van der Waals surface area contributed by atoms with Crippen LogP contribution in [0.2, 0.25) is 0 Å². The SMILES string of the molecule is CC(=O)NC1C(OC(C)=O)C=CC1OC(C)=O. The van der Waals surface area contributed by atoms with Gasteiger partial charge in [-0.1, -0.05) is 0 Å². The fourth-order valence-electron chi connectivity index (χ4n) is 1.65. The first-order valence-corrected chi connectivity index (χ1v) is 5.20. The molecule has 0 aliphatic heterocycles. The molecule has 6 heteroatoms. The molecule has 0 aromatic heterocycles. The Hall–Kier alpha value is -1.85. The van der Waals surface area contributed by atoms with E-state index < -0.39 is 30.2 Å². The average Bonchev–Trinajstić information content (AvgIpc) is 2.47. The predicted molar refractivity (Wildman–Crippen MR) is 57.9 cm³/mol. The molecule has 0 saturated heterocycles. The van der Waals surface area contributed by atoms with Crippen LogP contribution in [0.3, 0.4) is 0 Å². The number of amides is 1. The highest BCUT2D eigenvalue weighted by Gasteiger charge is 2.36. The minimum atomic E-state index is -0.610. The Bertz CT molecular complexity index is 337. The van der Waals surface area contributed by atoms with Crippen molar-refractivity contribution in [2.45, 2.75) is 39.0 Å². The molecule has 94 valence electrons. The highest BCUT2D eigenvalue weighted by molar-refractivity contribution is 5.74. The van der Waals surface area contributed by atoms with Gasteiger partial charge in [0, 0.05) is 20.8 Å². The summed E-state index contributed by atoms with van der Waals surface area (Å²) >= 11 is 0. The van der Waals surface area contributed by atoms with Crippen molar-refractivity contribution in [3.05, 3.63) is 12.2 Å². The van der Waals surface area contributed by atoms with Crippen molar-refractivity contribution in [3.63, 3.8) is 0 Å². The highest BCUT2D eigenvalue weighted by atomic mass is 16.6. The lowest BCUT2D eigenvalue weighted by atomic mass is 10.1. The summed E-state index contributed by atoms with van der Waals surface area (Å²) in [6, 6.07) is -0.569. The van der Waals surface area contributed by atoms with Crippen molar-refractivity contribution in [1.82, 2.24) is 5.32 Å². The highest BCUT2D eigenvalue weighted by Crippen LogP contribution is 2.19. The van der Waals surface area contributed by atoms with Gasteiger partial charge in [0.15, 0.2) is 0 Å². The summed E-state index contributed by atoms with van der Waals surface area (Å²) < 4.78 is 10.0. The van der Waals surface area contributed by atoms with E-state index in [-0.39, 0.29) is 5.91 Å². The Labute approximate surface area is 99.0 Å². The molecular formula is C11H15NO5. The molecule has 1 N–H and O–H groups in total. The Kier molecular flexibility index (Phi) is 4.25. The number of hydrogen-bond donors (Lipinski definition) is 1. The van der Waals surface area contributed by atoms with E-state index in [1.54, 1.807) is 12.2 Å². The van der Waals surface area contributed by atoms with E-state index in [1.807, 2.05) is 0 Å². The van der Waals surface area contributed by atoms with Crippen molar-refractivity contribution in [2.75, 3.05) is 0 Å². The fraction of sp³-hybridized carbons (Fsp3) is 0.545. The average molecular weight is 241 g/mol. The van der Waals surface area contributed by atoms with E-state index in [2.05, 4.69) is 5.32 Å². The first-order valence-electron chi connectivity index (χ1n) is 5.20. The largest absolute Gasteiger partial charge is 0.456 e. The maximum atomic E-state index is 11.0. The van der Waals surface area contributed by atoms with Crippen LogP contribution in [-0.4, -0.2) is 36.1 Å². The molecule has 1 aliphatic rings. The van der Waals surface area contributed by atoms with Crippen LogP contribution in [0.15, 0.2) is 12.2 Å². The molecule has 0 spiro atoms. The molecule has 2 atom stereocenters. The van der Waals surface area contributed by atoms with E-state index in [9.17, 15) is 14.4 Å². The number of carbonyl (C=O) groups is 3. The van der Waals surface area contributed by atoms with Gasteiger partial charge >= 0.3 is 11.9 Å². The van der Waals surface area contributed by atoms with Crippen molar-refractivity contribution in [3.8, 4) is 0 Å². The molecule has 17 heavy (non-hydrogen) atoms. The number of ether oxygens (including phenoxy) is 2. The van der Waals surface area contributed by atoms with Crippen molar-refractivity contribution < 1.29 is 23.9 Å². The van der Waals surface area contributed by atoms with E-state index in [1.165, 1.54) is 20.8 Å². The lowest BCUT2D eigenvalue weighted by Crippen LogP contribution is -2.48. The monoisotopic (exact) mass is 241 g/mol. The third-order valence-corrected chi connectivity index (χ3v) is 2.17. The summed E-state index contributed by atoms with van der Waals surface area (Å²) in [6.45, 7) is 3.89. The molecule has 1 rings (SSSR count). The van der Waals surface area contributed by atoms with Crippen LogP contribution in [0.5, 0.6) is 0 Å². The van der Waals surface area contributed by atoms with Gasteiger partial charge in [0.2, 0.25) is 5.91 Å². The van der Waals surface area contributed by atoms with Gasteiger partial charge in [-0.3, -0.25) is 14.4 Å². The van der Waals surface area contributed by atoms with Crippen LogP contribution in [0, 0.1) is 0 Å². The minimum absolute atomic E-state index is 0.284. The van der Waals surface area contributed by atoms with Crippen LogP contribution in [0.1, 0.15) is 20.8 Å². The smallest absolute Gasteiger partial charge is 0.303 e. The minimum Gasteiger partial charge on any atom is -0.456 e. The van der Waals surface area contributed by atoms with Gasteiger partial charge in [-0.15, -0.1) is 0 Å². The van der Waals surface area contributed by atoms with Crippen LogP contribution in [0.4, 0.5) is 0 Å². The number of hydrogen-bond acceptors (Lipinski definition) is 5. The standard InChI is InChI=1S/C11H15NO5/c1-6(13)12-11-9(16-7(2)14)4-5-10(11)17-8(3)15/h4-5,9-11H,1-3H3,(H,12,13).